The summed E-state index contributed by atoms with van der Waals surface area (Å²) in [6, 6.07) is 12.8. The molecule has 0 aliphatic carbocycles. The fraction of sp³-hybridized carbons (Fsp3) is 0.567. The molecule has 2 fully saturated rings. The van der Waals surface area contributed by atoms with Crippen molar-refractivity contribution in [3.8, 4) is 0 Å². The van der Waals surface area contributed by atoms with Gasteiger partial charge >= 0.3 is 0 Å². The van der Waals surface area contributed by atoms with E-state index < -0.39 is 0 Å². The monoisotopic (exact) mass is 503 g/mol. The second-order valence-electron chi connectivity index (χ2n) is 11.1. The van der Waals surface area contributed by atoms with Crippen molar-refractivity contribution in [2.75, 3.05) is 39.3 Å². The van der Waals surface area contributed by atoms with Gasteiger partial charge in [-0.1, -0.05) is 30.7 Å². The lowest BCUT2D eigenvalue weighted by atomic mass is 9.91. The highest BCUT2D eigenvalue weighted by molar-refractivity contribution is 5.94. The maximum absolute atomic E-state index is 13.2. The van der Waals surface area contributed by atoms with Gasteiger partial charge in [0.05, 0.1) is 0 Å². The van der Waals surface area contributed by atoms with Crippen molar-refractivity contribution in [2.45, 2.75) is 64.6 Å². The van der Waals surface area contributed by atoms with Crippen molar-refractivity contribution in [3.63, 3.8) is 0 Å². The van der Waals surface area contributed by atoms with Gasteiger partial charge in [-0.25, -0.2) is 0 Å². The lowest BCUT2D eigenvalue weighted by Crippen LogP contribution is -2.51. The summed E-state index contributed by atoms with van der Waals surface area (Å²) < 4.78 is 0. The fourth-order valence-corrected chi connectivity index (χ4v) is 6.21. The third kappa shape index (κ3) is 6.76. The maximum atomic E-state index is 13.2. The molecule has 1 aromatic heterocycles. The number of carbonyl (C=O) groups excluding carboxylic acids is 2. The van der Waals surface area contributed by atoms with Gasteiger partial charge in [-0.2, -0.15) is 0 Å². The van der Waals surface area contributed by atoms with E-state index in [4.69, 9.17) is 0 Å². The van der Waals surface area contributed by atoms with Gasteiger partial charge in [-0.05, 0) is 74.4 Å². The molecule has 4 heterocycles. The van der Waals surface area contributed by atoms with E-state index in [0.29, 0.717) is 24.1 Å². The van der Waals surface area contributed by atoms with Gasteiger partial charge in [0.2, 0.25) is 5.91 Å². The number of benzene rings is 1. The number of fused-ring (bicyclic) bond motifs is 1. The zero-order valence-electron chi connectivity index (χ0n) is 22.2. The molecule has 37 heavy (non-hydrogen) atoms. The number of nitrogens with zero attached hydrogens (tertiary/aromatic N) is 4. The highest BCUT2D eigenvalue weighted by Crippen LogP contribution is 2.24. The third-order valence-electron chi connectivity index (χ3n) is 8.42. The van der Waals surface area contributed by atoms with Crippen LogP contribution in [0.1, 0.15) is 66.2 Å². The molecule has 0 radical (unpaired) electrons. The molecular weight excluding hydrogens is 462 g/mol. The first-order valence-electron chi connectivity index (χ1n) is 14.1. The van der Waals surface area contributed by atoms with Gasteiger partial charge < -0.3 is 10.2 Å². The summed E-state index contributed by atoms with van der Waals surface area (Å²) in [4.78, 5) is 36.4. The molecule has 198 valence electrons. The summed E-state index contributed by atoms with van der Waals surface area (Å²) >= 11 is 0. The number of rotatable bonds is 8. The standard InChI is InChI=1S/C30H41N5O2/c1-23(36)34-15-10-24(11-16-34)17-28-18-25(9-12-31-28)30(37)32-19-29(35-13-5-2-6-14-35)22-33-20-26-7-3-4-8-27(26)21-33/h3-4,7-9,12,18,24,29H,2,5-6,10-11,13-17,19-22H2,1H3,(H,32,37)/t29-/m0/s1. The van der Waals surface area contributed by atoms with Crippen LogP contribution in [0.2, 0.25) is 0 Å². The van der Waals surface area contributed by atoms with E-state index in [1.165, 1.54) is 30.4 Å². The van der Waals surface area contributed by atoms with Crippen molar-refractivity contribution in [2.24, 2.45) is 5.92 Å². The minimum absolute atomic E-state index is 0.0123. The number of nitrogens with one attached hydrogen (secondary N) is 1. The number of hydrogen-bond acceptors (Lipinski definition) is 5. The van der Waals surface area contributed by atoms with Crippen LogP contribution < -0.4 is 5.32 Å². The molecule has 3 aliphatic rings. The first-order chi connectivity index (χ1) is 18.0. The Bertz CT molecular complexity index is 1050. The summed E-state index contributed by atoms with van der Waals surface area (Å²) in [5.74, 6) is 0.656. The van der Waals surface area contributed by atoms with Crippen LogP contribution in [-0.4, -0.2) is 76.8 Å². The highest BCUT2D eigenvalue weighted by Gasteiger charge is 2.27. The molecule has 1 aromatic carbocycles. The highest BCUT2D eigenvalue weighted by atomic mass is 16.2. The molecule has 0 spiro atoms. The second kappa shape index (κ2) is 12.2. The second-order valence-corrected chi connectivity index (χ2v) is 11.1. The van der Waals surface area contributed by atoms with Crippen LogP contribution in [0.3, 0.4) is 0 Å². The Kier molecular flexibility index (Phi) is 8.52. The summed E-state index contributed by atoms with van der Waals surface area (Å²) in [6.07, 6.45) is 8.40. The van der Waals surface area contributed by atoms with E-state index in [1.807, 2.05) is 17.0 Å². The molecule has 2 aromatic rings. The normalized spacial score (nSPS) is 20.0. The van der Waals surface area contributed by atoms with E-state index in [0.717, 1.165) is 70.8 Å². The molecular formula is C30H41N5O2. The zero-order chi connectivity index (χ0) is 25.6. The molecule has 0 saturated carbocycles. The van der Waals surface area contributed by atoms with Gasteiger partial charge in [0.1, 0.15) is 0 Å². The van der Waals surface area contributed by atoms with Crippen LogP contribution >= 0.6 is 0 Å². The average molecular weight is 504 g/mol. The zero-order valence-corrected chi connectivity index (χ0v) is 22.2. The van der Waals surface area contributed by atoms with Gasteiger partial charge in [0, 0.05) is 69.7 Å². The molecule has 0 unspecified atom stereocenters. The van der Waals surface area contributed by atoms with Gasteiger partial charge in [-0.15, -0.1) is 0 Å². The lowest BCUT2D eigenvalue weighted by Gasteiger charge is -2.36. The van der Waals surface area contributed by atoms with Crippen LogP contribution in [0.15, 0.2) is 42.6 Å². The van der Waals surface area contributed by atoms with Crippen LogP contribution in [0.25, 0.3) is 0 Å². The Labute approximate surface area is 221 Å². The quantitative estimate of drug-likeness (QED) is 0.597. The minimum atomic E-state index is -0.0123. The number of aromatic nitrogens is 1. The van der Waals surface area contributed by atoms with Crippen LogP contribution in [0, 0.1) is 5.92 Å². The largest absolute Gasteiger partial charge is 0.350 e. The van der Waals surface area contributed by atoms with E-state index in [2.05, 4.69) is 44.4 Å². The number of pyridine rings is 1. The number of piperidine rings is 2. The molecule has 7 nitrogen and oxygen atoms in total. The Morgan fingerprint density at radius 1 is 1.00 bits per heavy atom. The Hall–Kier alpha value is -2.77. The van der Waals surface area contributed by atoms with Gasteiger partial charge in [0.25, 0.3) is 5.91 Å². The average Bonchev–Trinajstić information content (AvgIpc) is 3.34. The van der Waals surface area contributed by atoms with Crippen LogP contribution in [0.4, 0.5) is 0 Å². The summed E-state index contributed by atoms with van der Waals surface area (Å²) in [7, 11) is 0. The summed E-state index contributed by atoms with van der Waals surface area (Å²) in [5.41, 5.74) is 4.52. The number of likely N-dealkylation sites (tertiary alicyclic amines) is 2. The Morgan fingerprint density at radius 3 is 2.38 bits per heavy atom. The SMILES string of the molecule is CC(=O)N1CCC(Cc2cc(C(=O)NC[C@@H](CN3Cc4ccccc4C3)N3CCCCC3)ccn2)CC1. The van der Waals surface area contributed by atoms with E-state index in [1.54, 1.807) is 13.1 Å². The molecule has 5 rings (SSSR count). The predicted octanol–water partition coefficient (Wildman–Crippen LogP) is 3.48. The lowest BCUT2D eigenvalue weighted by molar-refractivity contribution is -0.130. The summed E-state index contributed by atoms with van der Waals surface area (Å²) in [5, 5.41) is 3.26. The van der Waals surface area contributed by atoms with Crippen molar-refractivity contribution in [1.29, 1.82) is 0 Å². The summed E-state index contributed by atoms with van der Waals surface area (Å²) in [6.45, 7) is 9.12. The predicted molar refractivity (Wildman–Crippen MR) is 145 cm³/mol. The number of hydrogen-bond donors (Lipinski definition) is 1. The smallest absolute Gasteiger partial charge is 0.251 e. The van der Waals surface area contributed by atoms with Crippen LogP contribution in [-0.2, 0) is 24.3 Å². The van der Waals surface area contributed by atoms with Gasteiger partial charge in [0.15, 0.2) is 0 Å². The van der Waals surface area contributed by atoms with Crippen LogP contribution in [0.5, 0.6) is 0 Å². The van der Waals surface area contributed by atoms with E-state index in [-0.39, 0.29) is 11.8 Å². The third-order valence-corrected chi connectivity index (χ3v) is 8.42. The van der Waals surface area contributed by atoms with Gasteiger partial charge in [-0.3, -0.25) is 24.4 Å². The molecule has 1 atom stereocenters. The Balaban J connectivity index is 1.17. The van der Waals surface area contributed by atoms with Crippen molar-refractivity contribution in [1.82, 2.24) is 25.0 Å². The topological polar surface area (TPSA) is 68.8 Å². The first-order valence-corrected chi connectivity index (χ1v) is 14.1. The van der Waals surface area contributed by atoms with Crippen molar-refractivity contribution in [3.05, 3.63) is 65.0 Å². The van der Waals surface area contributed by atoms with Crippen molar-refractivity contribution >= 4 is 11.8 Å². The number of amides is 2. The molecule has 7 heteroatoms. The maximum Gasteiger partial charge on any atom is 0.251 e. The minimum Gasteiger partial charge on any atom is -0.350 e. The fourth-order valence-electron chi connectivity index (χ4n) is 6.21. The molecule has 1 N–H and O–H groups in total. The Morgan fingerprint density at radius 2 is 1.70 bits per heavy atom. The molecule has 2 saturated heterocycles. The first kappa shape index (κ1) is 25.9. The molecule has 2 amide bonds. The van der Waals surface area contributed by atoms with E-state index in [9.17, 15) is 9.59 Å². The number of carbonyl (C=O) groups is 2. The van der Waals surface area contributed by atoms with Crippen molar-refractivity contribution < 1.29 is 9.59 Å². The van der Waals surface area contributed by atoms with E-state index >= 15 is 0 Å². The molecule has 3 aliphatic heterocycles. The molecule has 0 bridgehead atoms.